The van der Waals surface area contributed by atoms with E-state index in [9.17, 15) is 4.79 Å². The van der Waals surface area contributed by atoms with Gasteiger partial charge in [0.25, 0.3) is 0 Å². The molecular formula is C25H24N4OS2. The number of para-hydroxylation sites is 2. The lowest BCUT2D eigenvalue weighted by molar-refractivity contribution is -0.129. The molecule has 1 amide bonds. The highest BCUT2D eigenvalue weighted by Crippen LogP contribution is 2.40. The third-order valence-corrected chi connectivity index (χ3v) is 8.47. The van der Waals surface area contributed by atoms with Gasteiger partial charge in [-0.05, 0) is 43.9 Å². The number of piperidine rings is 1. The highest BCUT2D eigenvalue weighted by atomic mass is 32.2. The third-order valence-electron chi connectivity index (χ3n) is 6.29. The van der Waals surface area contributed by atoms with Gasteiger partial charge in [0, 0.05) is 30.3 Å². The minimum absolute atomic E-state index is 0.191. The molecule has 2 aromatic heterocycles. The van der Waals surface area contributed by atoms with Crippen molar-refractivity contribution in [3.05, 3.63) is 59.4 Å². The van der Waals surface area contributed by atoms with Crippen LogP contribution >= 0.6 is 23.1 Å². The van der Waals surface area contributed by atoms with Gasteiger partial charge in [-0.2, -0.15) is 0 Å². The number of thiazole rings is 1. The van der Waals surface area contributed by atoms with E-state index in [1.165, 1.54) is 17.5 Å². The molecule has 2 aliphatic rings. The van der Waals surface area contributed by atoms with Crippen molar-refractivity contribution in [1.29, 1.82) is 0 Å². The Kier molecular flexibility index (Phi) is 5.31. The van der Waals surface area contributed by atoms with E-state index in [1.807, 2.05) is 29.2 Å². The summed E-state index contributed by atoms with van der Waals surface area (Å²) in [5, 5.41) is 3.14. The first-order valence-corrected chi connectivity index (χ1v) is 13.1. The van der Waals surface area contributed by atoms with Crippen molar-refractivity contribution in [2.45, 2.75) is 42.5 Å². The van der Waals surface area contributed by atoms with Gasteiger partial charge < -0.3 is 4.90 Å². The first kappa shape index (κ1) is 20.1. The summed E-state index contributed by atoms with van der Waals surface area (Å²) in [5.74, 6) is 2.37. The number of amides is 1. The Labute approximate surface area is 195 Å². The molecule has 4 aromatic rings. The molecule has 0 radical (unpaired) electrons. The summed E-state index contributed by atoms with van der Waals surface area (Å²) in [6, 6.07) is 16.4. The SMILES string of the molecule is O=C(CSc1nc(C2CC2)nc2ccccc12)N1CCCC(c2nc3ccccc3s2)C1. The molecule has 2 fully saturated rings. The molecule has 32 heavy (non-hydrogen) atoms. The summed E-state index contributed by atoms with van der Waals surface area (Å²) in [5.41, 5.74) is 2.04. The number of hydrogen-bond acceptors (Lipinski definition) is 6. The highest BCUT2D eigenvalue weighted by molar-refractivity contribution is 8.00. The van der Waals surface area contributed by atoms with Gasteiger partial charge in [0.15, 0.2) is 0 Å². The Morgan fingerprint density at radius 3 is 2.62 bits per heavy atom. The Hall–Kier alpha value is -2.51. The van der Waals surface area contributed by atoms with Crippen LogP contribution in [-0.2, 0) is 4.79 Å². The van der Waals surface area contributed by atoms with E-state index in [-0.39, 0.29) is 5.91 Å². The van der Waals surface area contributed by atoms with Gasteiger partial charge in [-0.15, -0.1) is 11.3 Å². The lowest BCUT2D eigenvalue weighted by Gasteiger charge is -2.31. The number of hydrogen-bond donors (Lipinski definition) is 0. The number of nitrogens with zero attached hydrogens (tertiary/aromatic N) is 4. The van der Waals surface area contributed by atoms with E-state index in [0.717, 1.165) is 58.2 Å². The average Bonchev–Trinajstić information content (AvgIpc) is 3.60. The fourth-order valence-electron chi connectivity index (χ4n) is 4.39. The number of likely N-dealkylation sites (tertiary alicyclic amines) is 1. The summed E-state index contributed by atoms with van der Waals surface area (Å²) in [7, 11) is 0. The fraction of sp³-hybridized carbons (Fsp3) is 0.360. The summed E-state index contributed by atoms with van der Waals surface area (Å²) in [4.78, 5) is 29.6. The van der Waals surface area contributed by atoms with Crippen molar-refractivity contribution in [3.63, 3.8) is 0 Å². The Bertz CT molecular complexity index is 1270. The minimum Gasteiger partial charge on any atom is -0.341 e. The summed E-state index contributed by atoms with van der Waals surface area (Å²) in [6.07, 6.45) is 4.46. The molecule has 0 N–H and O–H groups in total. The molecule has 1 atom stereocenters. The number of thioether (sulfide) groups is 1. The molecule has 1 saturated carbocycles. The molecule has 1 aliphatic carbocycles. The predicted molar refractivity (Wildman–Crippen MR) is 130 cm³/mol. The van der Waals surface area contributed by atoms with Crippen LogP contribution in [0, 0.1) is 0 Å². The first-order valence-electron chi connectivity index (χ1n) is 11.3. The molecule has 3 heterocycles. The van der Waals surface area contributed by atoms with Gasteiger partial charge >= 0.3 is 0 Å². The van der Waals surface area contributed by atoms with Crippen LogP contribution in [0.2, 0.25) is 0 Å². The van der Waals surface area contributed by atoms with E-state index < -0.39 is 0 Å². The number of benzene rings is 2. The van der Waals surface area contributed by atoms with E-state index in [0.29, 0.717) is 17.6 Å². The molecule has 6 rings (SSSR count). The van der Waals surface area contributed by atoms with Gasteiger partial charge in [-0.3, -0.25) is 4.79 Å². The van der Waals surface area contributed by atoms with Crippen LogP contribution in [0.5, 0.6) is 0 Å². The van der Waals surface area contributed by atoms with Crippen molar-refractivity contribution >= 4 is 50.1 Å². The molecule has 162 valence electrons. The van der Waals surface area contributed by atoms with Gasteiger partial charge in [-0.25, -0.2) is 15.0 Å². The van der Waals surface area contributed by atoms with Crippen LogP contribution < -0.4 is 0 Å². The van der Waals surface area contributed by atoms with E-state index in [1.54, 1.807) is 23.1 Å². The lowest BCUT2D eigenvalue weighted by atomic mass is 9.99. The summed E-state index contributed by atoms with van der Waals surface area (Å²) in [6.45, 7) is 1.59. The second kappa shape index (κ2) is 8.45. The zero-order valence-electron chi connectivity index (χ0n) is 17.7. The highest BCUT2D eigenvalue weighted by Gasteiger charge is 2.29. The van der Waals surface area contributed by atoms with Crippen LogP contribution in [0.1, 0.15) is 48.4 Å². The van der Waals surface area contributed by atoms with Crippen molar-refractivity contribution < 1.29 is 4.79 Å². The molecule has 1 saturated heterocycles. The molecule has 5 nitrogen and oxygen atoms in total. The van der Waals surface area contributed by atoms with Crippen LogP contribution in [-0.4, -0.2) is 44.6 Å². The van der Waals surface area contributed by atoms with Crippen LogP contribution in [0.25, 0.3) is 21.1 Å². The normalized spacial score (nSPS) is 19.0. The molecular weight excluding hydrogens is 436 g/mol. The van der Waals surface area contributed by atoms with Crippen molar-refractivity contribution in [1.82, 2.24) is 19.9 Å². The molecule has 0 bridgehead atoms. The maximum absolute atomic E-state index is 13.1. The molecule has 1 unspecified atom stereocenters. The quantitative estimate of drug-likeness (QED) is 0.286. The maximum atomic E-state index is 13.1. The number of carbonyl (C=O) groups excluding carboxylic acids is 1. The Morgan fingerprint density at radius 2 is 1.78 bits per heavy atom. The van der Waals surface area contributed by atoms with Crippen molar-refractivity contribution in [2.24, 2.45) is 0 Å². The number of aromatic nitrogens is 3. The zero-order valence-corrected chi connectivity index (χ0v) is 19.4. The van der Waals surface area contributed by atoms with Gasteiger partial charge in [-0.1, -0.05) is 42.1 Å². The van der Waals surface area contributed by atoms with E-state index in [4.69, 9.17) is 15.0 Å². The summed E-state index contributed by atoms with van der Waals surface area (Å²) >= 11 is 3.32. The maximum Gasteiger partial charge on any atom is 0.233 e. The number of fused-ring (bicyclic) bond motifs is 2. The summed E-state index contributed by atoms with van der Waals surface area (Å²) < 4.78 is 1.23. The van der Waals surface area contributed by atoms with Gasteiger partial charge in [0.05, 0.1) is 26.5 Å². The molecule has 0 spiro atoms. The van der Waals surface area contributed by atoms with Crippen molar-refractivity contribution in [3.8, 4) is 0 Å². The Morgan fingerprint density at radius 1 is 0.969 bits per heavy atom. The minimum atomic E-state index is 0.191. The standard InChI is InChI=1S/C25H24N4OS2/c30-22(15-31-25-18-7-1-2-8-19(18)26-23(28-25)16-11-12-16)29-13-5-6-17(14-29)24-27-20-9-3-4-10-21(20)32-24/h1-4,7-10,16-17H,5-6,11-15H2. The molecule has 2 aromatic carbocycles. The smallest absolute Gasteiger partial charge is 0.233 e. The molecule has 1 aliphatic heterocycles. The largest absolute Gasteiger partial charge is 0.341 e. The van der Waals surface area contributed by atoms with Crippen LogP contribution in [0.3, 0.4) is 0 Å². The fourth-order valence-corrected chi connectivity index (χ4v) is 6.41. The lowest BCUT2D eigenvalue weighted by Crippen LogP contribution is -2.40. The average molecular weight is 461 g/mol. The zero-order chi connectivity index (χ0) is 21.5. The first-order chi connectivity index (χ1) is 15.7. The van der Waals surface area contributed by atoms with E-state index in [2.05, 4.69) is 24.3 Å². The monoisotopic (exact) mass is 460 g/mol. The topological polar surface area (TPSA) is 59.0 Å². The second-order valence-electron chi connectivity index (χ2n) is 8.67. The van der Waals surface area contributed by atoms with Crippen LogP contribution in [0.4, 0.5) is 0 Å². The van der Waals surface area contributed by atoms with Crippen LogP contribution in [0.15, 0.2) is 53.6 Å². The number of rotatable bonds is 5. The second-order valence-corrected chi connectivity index (χ2v) is 10.7. The van der Waals surface area contributed by atoms with Gasteiger partial charge in [0.2, 0.25) is 5.91 Å². The predicted octanol–water partition coefficient (Wildman–Crippen LogP) is 5.62. The number of carbonyl (C=O) groups is 1. The van der Waals surface area contributed by atoms with Crippen molar-refractivity contribution in [2.75, 3.05) is 18.8 Å². The van der Waals surface area contributed by atoms with E-state index >= 15 is 0 Å². The third kappa shape index (κ3) is 3.99. The Balaban J connectivity index is 1.17. The van der Waals surface area contributed by atoms with Gasteiger partial charge in [0.1, 0.15) is 10.9 Å². The molecule has 7 heteroatoms.